The summed E-state index contributed by atoms with van der Waals surface area (Å²) >= 11 is 0. The van der Waals surface area contributed by atoms with E-state index in [1.807, 2.05) is 26.2 Å². The van der Waals surface area contributed by atoms with Gasteiger partial charge < -0.3 is 15.0 Å². The molecule has 0 unspecified atom stereocenters. The second kappa shape index (κ2) is 12.3. The van der Waals surface area contributed by atoms with E-state index in [0.29, 0.717) is 6.04 Å². The summed E-state index contributed by atoms with van der Waals surface area (Å²) in [4.78, 5) is 20.5. The fourth-order valence-corrected chi connectivity index (χ4v) is 4.34. The highest BCUT2D eigenvalue weighted by Crippen LogP contribution is 2.51. The fraction of sp³-hybridized carbons (Fsp3) is 0.792. The first kappa shape index (κ1) is 23.8. The van der Waals surface area contributed by atoms with Crippen molar-refractivity contribution in [2.45, 2.75) is 91.5 Å². The average molecular weight is 403 g/mol. The van der Waals surface area contributed by atoms with Gasteiger partial charge in [-0.1, -0.05) is 46.5 Å². The van der Waals surface area contributed by atoms with E-state index in [-0.39, 0.29) is 5.92 Å². The molecule has 5 nitrogen and oxygen atoms in total. The van der Waals surface area contributed by atoms with E-state index >= 15 is 0 Å². The predicted molar refractivity (Wildman–Crippen MR) is 121 cm³/mol. The molecule has 0 bridgehead atoms. The molecule has 2 heterocycles. The summed E-state index contributed by atoms with van der Waals surface area (Å²) in [5.41, 5.74) is 2.04. The average Bonchev–Trinajstić information content (AvgIpc) is 2.74. The number of nitrogens with one attached hydrogen (secondary N) is 1. The second-order valence-corrected chi connectivity index (χ2v) is 9.31. The minimum Gasteiger partial charge on any atom is -0.366 e. The molecule has 29 heavy (non-hydrogen) atoms. The zero-order valence-corrected chi connectivity index (χ0v) is 19.1. The molecule has 1 aromatic heterocycles. The molecule has 2 saturated carbocycles. The van der Waals surface area contributed by atoms with E-state index in [1.165, 1.54) is 25.7 Å². The van der Waals surface area contributed by atoms with E-state index in [1.54, 1.807) is 25.7 Å². The molecule has 1 N–H and O–H groups in total. The van der Waals surface area contributed by atoms with Gasteiger partial charge in [-0.15, -0.1) is 0 Å². The lowest BCUT2D eigenvalue weighted by Crippen LogP contribution is -2.49. The summed E-state index contributed by atoms with van der Waals surface area (Å²) < 4.78 is 0. The molecule has 1 aromatic rings. The van der Waals surface area contributed by atoms with Crippen molar-refractivity contribution in [2.24, 2.45) is 11.3 Å². The van der Waals surface area contributed by atoms with Gasteiger partial charge in [0.15, 0.2) is 0 Å². The topological polar surface area (TPSA) is 58.1 Å². The van der Waals surface area contributed by atoms with Crippen molar-refractivity contribution in [2.75, 3.05) is 24.5 Å². The third kappa shape index (κ3) is 8.04. The summed E-state index contributed by atoms with van der Waals surface area (Å²) in [6, 6.07) is 0.546. The van der Waals surface area contributed by atoms with Gasteiger partial charge in [-0.25, -0.2) is 9.97 Å². The van der Waals surface area contributed by atoms with Gasteiger partial charge in [-0.05, 0) is 38.0 Å². The molecular formula is C24H42N4O. The van der Waals surface area contributed by atoms with Crippen LogP contribution in [0, 0.1) is 11.3 Å². The lowest BCUT2D eigenvalue weighted by atomic mass is 9.61. The van der Waals surface area contributed by atoms with Gasteiger partial charge >= 0.3 is 0 Å². The minimum atomic E-state index is 0.204. The number of aryl methyl sites for hydroxylation is 1. The van der Waals surface area contributed by atoms with Crippen molar-refractivity contribution in [3.63, 3.8) is 0 Å². The van der Waals surface area contributed by atoms with Crippen LogP contribution in [0.5, 0.6) is 0 Å². The maximum absolute atomic E-state index is 9.50. The number of aromatic nitrogens is 2. The Morgan fingerprint density at radius 1 is 1.14 bits per heavy atom. The number of rotatable bonds is 3. The van der Waals surface area contributed by atoms with Crippen LogP contribution in [0.2, 0.25) is 0 Å². The van der Waals surface area contributed by atoms with Crippen LogP contribution in [0.3, 0.4) is 0 Å². The Labute approximate surface area is 178 Å². The number of carbonyl (C=O) groups excluding carboxylic acids is 1. The van der Waals surface area contributed by atoms with Crippen LogP contribution in [0.15, 0.2) is 12.4 Å². The van der Waals surface area contributed by atoms with Crippen molar-refractivity contribution in [3.8, 4) is 0 Å². The highest BCUT2D eigenvalue weighted by molar-refractivity contribution is 5.51. The van der Waals surface area contributed by atoms with Gasteiger partial charge in [0.2, 0.25) is 0 Å². The number of hydrogen-bond acceptors (Lipinski definition) is 5. The first-order valence-electron chi connectivity index (χ1n) is 11.7. The summed E-state index contributed by atoms with van der Waals surface area (Å²) in [7, 11) is 0. The maximum Gasteiger partial charge on any atom is 0.128 e. The maximum atomic E-state index is 9.50. The molecule has 3 aliphatic rings. The second-order valence-electron chi connectivity index (χ2n) is 9.31. The third-order valence-electron chi connectivity index (χ3n) is 6.34. The molecule has 0 amide bonds. The molecule has 1 spiro atoms. The standard InChI is InChI=1S/C11H18N4.C9H16.C4H8O/c1-3-11-13-6-10(7-14-11)15-5-4-12-9(2)8-15;1-2-5-9(6-3-1)7-4-8-9;1-4(2)3-5/h6-7,9,12H,3-5,8H2,1-2H3;1-8H2;3-4H,1-2H3/t9-;;/m0../s1. The predicted octanol–water partition coefficient (Wildman–Crippen LogP) is 4.80. The Kier molecular flexibility index (Phi) is 10.1. The summed E-state index contributed by atoms with van der Waals surface area (Å²) in [5.74, 6) is 1.12. The van der Waals surface area contributed by atoms with Crippen LogP contribution in [0.25, 0.3) is 0 Å². The first-order chi connectivity index (χ1) is 14.0. The number of nitrogens with zero attached hydrogens (tertiary/aromatic N) is 3. The molecular weight excluding hydrogens is 360 g/mol. The van der Waals surface area contributed by atoms with Gasteiger partial charge in [-0.2, -0.15) is 0 Å². The van der Waals surface area contributed by atoms with Crippen molar-refractivity contribution >= 4 is 12.0 Å². The molecule has 1 saturated heterocycles. The van der Waals surface area contributed by atoms with Gasteiger partial charge in [-0.3, -0.25) is 0 Å². The van der Waals surface area contributed by atoms with Crippen LogP contribution in [-0.2, 0) is 11.2 Å². The van der Waals surface area contributed by atoms with Crippen LogP contribution < -0.4 is 10.2 Å². The Hall–Kier alpha value is -1.49. The molecule has 164 valence electrons. The van der Waals surface area contributed by atoms with Gasteiger partial charge in [0, 0.05) is 38.0 Å². The van der Waals surface area contributed by atoms with E-state index in [4.69, 9.17) is 0 Å². The van der Waals surface area contributed by atoms with Crippen LogP contribution in [0.1, 0.15) is 84.9 Å². The van der Waals surface area contributed by atoms with Gasteiger partial charge in [0.25, 0.3) is 0 Å². The lowest BCUT2D eigenvalue weighted by Gasteiger charge is -2.45. The Morgan fingerprint density at radius 3 is 2.14 bits per heavy atom. The molecule has 4 rings (SSSR count). The Balaban J connectivity index is 0.000000181. The normalized spacial score (nSPS) is 22.7. The van der Waals surface area contributed by atoms with Crippen molar-refractivity contribution < 1.29 is 4.79 Å². The van der Waals surface area contributed by atoms with Gasteiger partial charge in [0.1, 0.15) is 12.1 Å². The molecule has 3 fully saturated rings. The quantitative estimate of drug-likeness (QED) is 0.736. The third-order valence-corrected chi connectivity index (χ3v) is 6.34. The number of anilines is 1. The zero-order chi connectivity index (χ0) is 21.1. The Bertz CT molecular complexity index is 575. The summed E-state index contributed by atoms with van der Waals surface area (Å²) in [6.45, 7) is 11.1. The molecule has 1 atom stereocenters. The molecule has 2 aliphatic carbocycles. The number of piperazine rings is 1. The van der Waals surface area contributed by atoms with Crippen LogP contribution in [-0.4, -0.2) is 41.9 Å². The molecule has 0 aromatic carbocycles. The van der Waals surface area contributed by atoms with Crippen molar-refractivity contribution in [1.29, 1.82) is 0 Å². The number of carbonyl (C=O) groups is 1. The monoisotopic (exact) mass is 402 g/mol. The Morgan fingerprint density at radius 2 is 1.72 bits per heavy atom. The van der Waals surface area contributed by atoms with Gasteiger partial charge in [0.05, 0.1) is 18.1 Å². The molecule has 0 radical (unpaired) electrons. The van der Waals surface area contributed by atoms with Crippen molar-refractivity contribution in [3.05, 3.63) is 18.2 Å². The summed E-state index contributed by atoms with van der Waals surface area (Å²) in [6.07, 6.45) is 18.0. The van der Waals surface area contributed by atoms with Crippen molar-refractivity contribution in [1.82, 2.24) is 15.3 Å². The zero-order valence-electron chi connectivity index (χ0n) is 19.1. The number of hydrogen-bond donors (Lipinski definition) is 1. The van der Waals surface area contributed by atoms with E-state index in [9.17, 15) is 4.79 Å². The largest absolute Gasteiger partial charge is 0.366 e. The van der Waals surface area contributed by atoms with Crippen LogP contribution in [0.4, 0.5) is 5.69 Å². The fourth-order valence-electron chi connectivity index (χ4n) is 4.34. The SMILES string of the molecule is C1CCC2(CC1)CCC2.CC(C)C=O.CCc1ncc(N2CCN[C@@H](C)C2)cn1. The summed E-state index contributed by atoms with van der Waals surface area (Å²) in [5, 5.41) is 3.42. The molecule has 1 aliphatic heterocycles. The minimum absolute atomic E-state index is 0.204. The lowest BCUT2D eigenvalue weighted by molar-refractivity contribution is -0.110. The highest BCUT2D eigenvalue weighted by atomic mass is 16.1. The number of aldehydes is 1. The van der Waals surface area contributed by atoms with E-state index in [2.05, 4.69) is 34.0 Å². The van der Waals surface area contributed by atoms with Crippen LogP contribution >= 0.6 is 0 Å². The van der Waals surface area contributed by atoms with E-state index in [0.717, 1.165) is 49.3 Å². The first-order valence-corrected chi connectivity index (χ1v) is 11.7. The highest BCUT2D eigenvalue weighted by Gasteiger charge is 2.37. The smallest absolute Gasteiger partial charge is 0.128 e. The van der Waals surface area contributed by atoms with E-state index < -0.39 is 0 Å². The molecule has 5 heteroatoms.